The van der Waals surface area contributed by atoms with E-state index in [9.17, 15) is 4.79 Å². The van der Waals surface area contributed by atoms with E-state index in [1.807, 2.05) is 48.0 Å². The van der Waals surface area contributed by atoms with Crippen molar-refractivity contribution >= 4 is 22.2 Å². The number of tetrazole rings is 1. The second-order valence-electron chi connectivity index (χ2n) is 8.63. The van der Waals surface area contributed by atoms with E-state index in [1.165, 1.54) is 4.88 Å². The van der Waals surface area contributed by atoms with E-state index < -0.39 is 0 Å². The summed E-state index contributed by atoms with van der Waals surface area (Å²) in [4.78, 5) is 19.5. The number of nitrogens with zero attached hydrogens (tertiary/aromatic N) is 5. The molecule has 0 aliphatic rings. The van der Waals surface area contributed by atoms with Gasteiger partial charge < -0.3 is 4.98 Å². The van der Waals surface area contributed by atoms with Gasteiger partial charge in [0.2, 0.25) is 0 Å². The van der Waals surface area contributed by atoms with E-state index in [4.69, 9.17) is 0 Å². The molecule has 0 bridgehead atoms. The summed E-state index contributed by atoms with van der Waals surface area (Å²) in [6.45, 7) is 6.46. The maximum atomic E-state index is 13.0. The Kier molecular flexibility index (Phi) is 6.33. The lowest BCUT2D eigenvalue weighted by Gasteiger charge is -2.21. The molecule has 0 amide bonds. The smallest absolute Gasteiger partial charge is 0.252 e. The predicted molar refractivity (Wildman–Crippen MR) is 135 cm³/mol. The largest absolute Gasteiger partial charge is 0.322 e. The number of pyridine rings is 1. The third-order valence-electron chi connectivity index (χ3n) is 5.89. The molecule has 0 saturated carbocycles. The summed E-state index contributed by atoms with van der Waals surface area (Å²) in [5.74, 6) is 0.768. The van der Waals surface area contributed by atoms with Crippen molar-refractivity contribution < 1.29 is 0 Å². The van der Waals surface area contributed by atoms with Crippen molar-refractivity contribution in [3.05, 3.63) is 109 Å². The molecule has 0 fully saturated rings. The molecule has 0 saturated heterocycles. The van der Waals surface area contributed by atoms with Crippen LogP contribution < -0.4 is 5.56 Å². The highest BCUT2D eigenvalue weighted by molar-refractivity contribution is 7.09. The molecule has 5 aromatic rings. The van der Waals surface area contributed by atoms with E-state index >= 15 is 0 Å². The van der Waals surface area contributed by atoms with Crippen LogP contribution in [0.25, 0.3) is 10.9 Å². The zero-order valence-electron chi connectivity index (χ0n) is 19.2. The summed E-state index contributed by atoms with van der Waals surface area (Å²) in [5.41, 5.74) is 4.98. The van der Waals surface area contributed by atoms with E-state index in [1.54, 1.807) is 11.3 Å². The monoisotopic (exact) mass is 470 g/mol. The Balaban J connectivity index is 1.44. The SMILES string of the molecule is Cc1cc(C)c2cc(CN(Cc3cccs3)Cc3nnnn3Cc3ccccc3)c(=O)[nH]c2c1. The van der Waals surface area contributed by atoms with Crippen molar-refractivity contribution in [3.63, 3.8) is 0 Å². The van der Waals surface area contributed by atoms with Gasteiger partial charge in [0.05, 0.1) is 13.1 Å². The van der Waals surface area contributed by atoms with Crippen molar-refractivity contribution in [2.24, 2.45) is 0 Å². The average Bonchev–Trinajstić information content (AvgIpc) is 3.48. The van der Waals surface area contributed by atoms with Gasteiger partial charge in [0, 0.05) is 34.4 Å². The van der Waals surface area contributed by atoms with Gasteiger partial charge in [0.1, 0.15) is 0 Å². The lowest BCUT2D eigenvalue weighted by Crippen LogP contribution is -2.28. The van der Waals surface area contributed by atoms with Crippen molar-refractivity contribution in [3.8, 4) is 0 Å². The van der Waals surface area contributed by atoms with Crippen LogP contribution in [-0.4, -0.2) is 30.1 Å². The fraction of sp³-hybridized carbons (Fsp3) is 0.231. The molecule has 0 aliphatic carbocycles. The first kappa shape index (κ1) is 22.2. The highest BCUT2D eigenvalue weighted by atomic mass is 32.1. The van der Waals surface area contributed by atoms with Gasteiger partial charge in [-0.25, -0.2) is 4.68 Å². The number of aromatic nitrogens is 5. The summed E-state index contributed by atoms with van der Waals surface area (Å²) in [7, 11) is 0. The molecule has 1 N–H and O–H groups in total. The molecule has 0 unspecified atom stereocenters. The van der Waals surface area contributed by atoms with Gasteiger partial charge in [-0.15, -0.1) is 16.4 Å². The van der Waals surface area contributed by atoms with Crippen molar-refractivity contribution in [2.75, 3.05) is 0 Å². The molecule has 0 radical (unpaired) electrons. The molecule has 3 aromatic heterocycles. The first-order valence-electron chi connectivity index (χ1n) is 11.2. The number of thiophene rings is 1. The number of nitrogens with one attached hydrogen (secondary N) is 1. The number of fused-ring (bicyclic) bond motifs is 1. The third-order valence-corrected chi connectivity index (χ3v) is 6.75. The number of hydrogen-bond acceptors (Lipinski definition) is 6. The Morgan fingerprint density at radius 2 is 1.85 bits per heavy atom. The fourth-order valence-electron chi connectivity index (χ4n) is 4.28. The molecule has 3 heterocycles. The number of benzene rings is 2. The minimum Gasteiger partial charge on any atom is -0.322 e. The molecule has 2 aromatic carbocycles. The summed E-state index contributed by atoms with van der Waals surface area (Å²) in [6, 6.07) is 20.5. The molecule has 172 valence electrons. The molecule has 0 spiro atoms. The highest BCUT2D eigenvalue weighted by Crippen LogP contribution is 2.21. The molecule has 34 heavy (non-hydrogen) atoms. The number of aromatic amines is 1. The van der Waals surface area contributed by atoms with Crippen LogP contribution in [-0.2, 0) is 26.2 Å². The summed E-state index contributed by atoms with van der Waals surface area (Å²) < 4.78 is 1.83. The molecule has 5 rings (SSSR count). The van der Waals surface area contributed by atoms with E-state index in [0.29, 0.717) is 26.2 Å². The van der Waals surface area contributed by atoms with Crippen LogP contribution in [0.2, 0.25) is 0 Å². The second kappa shape index (κ2) is 9.70. The van der Waals surface area contributed by atoms with Crippen LogP contribution in [0, 0.1) is 13.8 Å². The van der Waals surface area contributed by atoms with Crippen LogP contribution in [0.1, 0.15) is 33.0 Å². The topological polar surface area (TPSA) is 79.7 Å². The molecule has 0 aliphatic heterocycles. The van der Waals surface area contributed by atoms with Gasteiger partial charge in [-0.05, 0) is 64.5 Å². The normalized spacial score (nSPS) is 11.5. The molecule has 0 atom stereocenters. The number of hydrogen-bond donors (Lipinski definition) is 1. The van der Waals surface area contributed by atoms with Crippen LogP contribution in [0.3, 0.4) is 0 Å². The van der Waals surface area contributed by atoms with E-state index in [-0.39, 0.29) is 5.56 Å². The lowest BCUT2D eigenvalue weighted by atomic mass is 10.0. The summed E-state index contributed by atoms with van der Waals surface area (Å²) in [5, 5.41) is 15.6. The Morgan fingerprint density at radius 3 is 2.65 bits per heavy atom. The average molecular weight is 471 g/mol. The van der Waals surface area contributed by atoms with Gasteiger partial charge >= 0.3 is 0 Å². The first-order valence-corrected chi connectivity index (χ1v) is 12.1. The molecular formula is C26H26N6OS. The third kappa shape index (κ3) is 4.98. The predicted octanol–water partition coefficient (Wildman–Crippen LogP) is 4.44. The quantitative estimate of drug-likeness (QED) is 0.363. The Labute approximate surface area is 201 Å². The lowest BCUT2D eigenvalue weighted by molar-refractivity contribution is 0.238. The Morgan fingerprint density at radius 1 is 1.00 bits per heavy atom. The minimum atomic E-state index is -0.0578. The summed E-state index contributed by atoms with van der Waals surface area (Å²) >= 11 is 1.71. The van der Waals surface area contributed by atoms with Crippen LogP contribution >= 0.6 is 11.3 Å². The van der Waals surface area contributed by atoms with E-state index in [0.717, 1.165) is 39.0 Å². The first-order chi connectivity index (χ1) is 16.5. The maximum absolute atomic E-state index is 13.0. The number of H-pyrrole nitrogens is 1. The molecular weight excluding hydrogens is 444 g/mol. The Bertz CT molecular complexity index is 1460. The zero-order valence-corrected chi connectivity index (χ0v) is 20.0. The van der Waals surface area contributed by atoms with Gasteiger partial charge in [-0.3, -0.25) is 9.69 Å². The maximum Gasteiger partial charge on any atom is 0.252 e. The van der Waals surface area contributed by atoms with Gasteiger partial charge in [-0.2, -0.15) is 0 Å². The minimum absolute atomic E-state index is 0.0578. The number of aryl methyl sites for hydroxylation is 2. The van der Waals surface area contributed by atoms with Crippen molar-refractivity contribution in [1.82, 2.24) is 30.1 Å². The van der Waals surface area contributed by atoms with Crippen molar-refractivity contribution in [2.45, 2.75) is 40.0 Å². The van der Waals surface area contributed by atoms with E-state index in [2.05, 4.69) is 62.0 Å². The van der Waals surface area contributed by atoms with Gasteiger partial charge in [0.15, 0.2) is 5.82 Å². The standard InChI is InChI=1S/C26H26N6OS/c1-18-11-19(2)23-13-21(26(33)27-24(23)12-18)15-31(16-22-9-6-10-34-22)17-25-28-29-30-32(25)14-20-7-4-3-5-8-20/h3-13H,14-17H2,1-2H3,(H,27,33). The van der Waals surface area contributed by atoms with Gasteiger partial charge in [-0.1, -0.05) is 42.5 Å². The number of rotatable bonds is 8. The molecule has 8 heteroatoms. The van der Waals surface area contributed by atoms with Gasteiger partial charge in [0.25, 0.3) is 5.56 Å². The zero-order chi connectivity index (χ0) is 23.5. The second-order valence-corrected chi connectivity index (χ2v) is 9.66. The van der Waals surface area contributed by atoms with Crippen LogP contribution in [0.15, 0.2) is 70.8 Å². The van der Waals surface area contributed by atoms with Crippen LogP contribution in [0.4, 0.5) is 0 Å². The van der Waals surface area contributed by atoms with Crippen molar-refractivity contribution in [1.29, 1.82) is 0 Å². The fourth-order valence-corrected chi connectivity index (χ4v) is 5.03. The highest BCUT2D eigenvalue weighted by Gasteiger charge is 2.17. The van der Waals surface area contributed by atoms with Crippen LogP contribution in [0.5, 0.6) is 0 Å². The molecule has 7 nitrogen and oxygen atoms in total. The Hall–Kier alpha value is -3.62. The summed E-state index contributed by atoms with van der Waals surface area (Å²) in [6.07, 6.45) is 0.